The van der Waals surface area contributed by atoms with Crippen LogP contribution in [0.2, 0.25) is 0 Å². The van der Waals surface area contributed by atoms with Crippen LogP contribution in [0.1, 0.15) is 31.1 Å². The Labute approximate surface area is 115 Å². The van der Waals surface area contributed by atoms with E-state index in [-0.39, 0.29) is 11.4 Å². The van der Waals surface area contributed by atoms with Gasteiger partial charge in [-0.1, -0.05) is 18.2 Å². The van der Waals surface area contributed by atoms with Gasteiger partial charge in [0, 0.05) is 10.9 Å². The number of hydrogen-bond acceptors (Lipinski definition) is 3. The first-order valence-corrected chi connectivity index (χ1v) is 6.12. The Balaban J connectivity index is 2.37. The third kappa shape index (κ3) is 2.90. The topological polar surface area (TPSA) is 91.4 Å². The van der Waals surface area contributed by atoms with Crippen LogP contribution < -0.4 is 5.32 Å². The SMILES string of the molecule is CC(C)(C)OC(=O)Nc1[nH]c2ccccc2c1C(=O)O. The highest BCUT2D eigenvalue weighted by molar-refractivity contribution is 6.10. The number of carboxylic acid groups (broad SMARTS) is 1. The number of para-hydroxylation sites is 1. The maximum atomic E-state index is 11.7. The van der Waals surface area contributed by atoms with E-state index in [0.717, 1.165) is 0 Å². The molecule has 0 aliphatic carbocycles. The minimum atomic E-state index is -1.12. The lowest BCUT2D eigenvalue weighted by atomic mass is 10.1. The van der Waals surface area contributed by atoms with Gasteiger partial charge in [-0.15, -0.1) is 0 Å². The summed E-state index contributed by atoms with van der Waals surface area (Å²) in [4.78, 5) is 26.0. The molecule has 1 aromatic carbocycles. The first kappa shape index (κ1) is 13.9. The lowest BCUT2D eigenvalue weighted by Gasteiger charge is -2.19. The van der Waals surface area contributed by atoms with Crippen LogP contribution in [0.3, 0.4) is 0 Å². The Bertz CT molecular complexity index is 667. The average molecular weight is 276 g/mol. The molecule has 6 heteroatoms. The van der Waals surface area contributed by atoms with E-state index >= 15 is 0 Å². The number of fused-ring (bicyclic) bond motifs is 1. The Hall–Kier alpha value is -2.50. The number of hydrogen-bond donors (Lipinski definition) is 3. The molecule has 6 nitrogen and oxygen atoms in total. The number of aromatic nitrogens is 1. The van der Waals surface area contributed by atoms with Gasteiger partial charge in [0.25, 0.3) is 0 Å². The molecule has 0 bridgehead atoms. The van der Waals surface area contributed by atoms with Crippen molar-refractivity contribution in [2.24, 2.45) is 0 Å². The van der Waals surface area contributed by atoms with E-state index in [9.17, 15) is 14.7 Å². The van der Waals surface area contributed by atoms with Gasteiger partial charge in [-0.25, -0.2) is 9.59 Å². The van der Waals surface area contributed by atoms with Gasteiger partial charge >= 0.3 is 12.1 Å². The maximum Gasteiger partial charge on any atom is 0.413 e. The standard InChI is InChI=1S/C14H16N2O4/c1-14(2,3)20-13(19)16-11-10(12(17)18)8-6-4-5-7-9(8)15-11/h4-7,15H,1-3H3,(H,16,19)(H,17,18). The summed E-state index contributed by atoms with van der Waals surface area (Å²) in [7, 11) is 0. The summed E-state index contributed by atoms with van der Waals surface area (Å²) in [6.07, 6.45) is -0.702. The summed E-state index contributed by atoms with van der Waals surface area (Å²) in [6, 6.07) is 6.93. The Morgan fingerprint density at radius 3 is 2.50 bits per heavy atom. The van der Waals surface area contributed by atoms with E-state index in [0.29, 0.717) is 10.9 Å². The number of aromatic carboxylic acids is 1. The van der Waals surface area contributed by atoms with E-state index in [1.54, 1.807) is 45.0 Å². The van der Waals surface area contributed by atoms with Gasteiger partial charge in [-0.3, -0.25) is 5.32 Å². The lowest BCUT2D eigenvalue weighted by molar-refractivity contribution is 0.0635. The molecule has 106 valence electrons. The van der Waals surface area contributed by atoms with Crippen molar-refractivity contribution in [1.29, 1.82) is 0 Å². The molecule has 3 N–H and O–H groups in total. The third-order valence-corrected chi connectivity index (χ3v) is 2.55. The Kier molecular flexibility index (Phi) is 3.40. The maximum absolute atomic E-state index is 11.7. The van der Waals surface area contributed by atoms with Gasteiger partial charge in [0.15, 0.2) is 0 Å². The Morgan fingerprint density at radius 2 is 1.90 bits per heavy atom. The molecule has 0 atom stereocenters. The first-order valence-electron chi connectivity index (χ1n) is 6.12. The lowest BCUT2D eigenvalue weighted by Crippen LogP contribution is -2.27. The van der Waals surface area contributed by atoms with Crippen molar-refractivity contribution in [2.45, 2.75) is 26.4 Å². The minimum absolute atomic E-state index is 0.0199. The molecule has 1 heterocycles. The second-order valence-corrected chi connectivity index (χ2v) is 5.35. The molecular weight excluding hydrogens is 260 g/mol. The van der Waals surface area contributed by atoms with Crippen LogP contribution >= 0.6 is 0 Å². The molecule has 2 rings (SSSR count). The number of anilines is 1. The molecule has 20 heavy (non-hydrogen) atoms. The Morgan fingerprint density at radius 1 is 1.25 bits per heavy atom. The molecule has 0 spiro atoms. The van der Waals surface area contributed by atoms with Crippen LogP contribution in [0.25, 0.3) is 10.9 Å². The molecule has 0 aliphatic rings. The highest BCUT2D eigenvalue weighted by atomic mass is 16.6. The number of ether oxygens (including phenoxy) is 1. The van der Waals surface area contributed by atoms with E-state index in [2.05, 4.69) is 10.3 Å². The van der Waals surface area contributed by atoms with Gasteiger partial charge in [0.1, 0.15) is 17.0 Å². The zero-order valence-electron chi connectivity index (χ0n) is 11.5. The van der Waals surface area contributed by atoms with Crippen LogP contribution in [0.15, 0.2) is 24.3 Å². The van der Waals surface area contributed by atoms with Crippen LogP contribution in [0.5, 0.6) is 0 Å². The largest absolute Gasteiger partial charge is 0.478 e. The third-order valence-electron chi connectivity index (χ3n) is 2.55. The van der Waals surface area contributed by atoms with Crippen LogP contribution in [0.4, 0.5) is 10.6 Å². The number of benzene rings is 1. The van der Waals surface area contributed by atoms with Crippen LogP contribution in [-0.4, -0.2) is 27.8 Å². The normalized spacial score (nSPS) is 11.3. The number of nitrogens with one attached hydrogen (secondary N) is 2. The fraction of sp³-hybridized carbons (Fsp3) is 0.286. The molecule has 0 unspecified atom stereocenters. The number of amides is 1. The van der Waals surface area contributed by atoms with Gasteiger partial charge in [-0.05, 0) is 26.8 Å². The van der Waals surface area contributed by atoms with Crippen LogP contribution in [-0.2, 0) is 4.74 Å². The predicted molar refractivity (Wildman–Crippen MR) is 75.1 cm³/mol. The quantitative estimate of drug-likeness (QED) is 0.785. The van der Waals surface area contributed by atoms with Crippen molar-refractivity contribution < 1.29 is 19.4 Å². The molecule has 0 saturated heterocycles. The van der Waals surface area contributed by atoms with Gasteiger partial charge in [0.2, 0.25) is 0 Å². The second-order valence-electron chi connectivity index (χ2n) is 5.35. The average Bonchev–Trinajstić information content (AvgIpc) is 2.63. The molecule has 1 aromatic heterocycles. The molecule has 1 amide bonds. The van der Waals surface area contributed by atoms with Gasteiger partial charge in [0.05, 0.1) is 0 Å². The summed E-state index contributed by atoms with van der Waals surface area (Å²) < 4.78 is 5.11. The number of carbonyl (C=O) groups excluding carboxylic acids is 1. The van der Waals surface area contributed by atoms with Crippen molar-refractivity contribution in [3.8, 4) is 0 Å². The highest BCUT2D eigenvalue weighted by Gasteiger charge is 2.22. The molecule has 2 aromatic rings. The first-order chi connectivity index (χ1) is 9.28. The van der Waals surface area contributed by atoms with Crippen LogP contribution in [0, 0.1) is 0 Å². The van der Waals surface area contributed by atoms with Gasteiger partial charge < -0.3 is 14.8 Å². The van der Waals surface area contributed by atoms with Crippen molar-refractivity contribution in [3.05, 3.63) is 29.8 Å². The summed E-state index contributed by atoms with van der Waals surface area (Å²) in [5.74, 6) is -0.999. The number of aromatic amines is 1. The van der Waals surface area contributed by atoms with E-state index < -0.39 is 17.7 Å². The zero-order valence-corrected chi connectivity index (χ0v) is 11.5. The molecular formula is C14H16N2O4. The predicted octanol–water partition coefficient (Wildman–Crippen LogP) is 3.21. The zero-order chi connectivity index (χ0) is 14.9. The van der Waals surface area contributed by atoms with Gasteiger partial charge in [-0.2, -0.15) is 0 Å². The van der Waals surface area contributed by atoms with Crippen molar-refractivity contribution in [2.75, 3.05) is 5.32 Å². The minimum Gasteiger partial charge on any atom is -0.478 e. The molecule has 0 aliphatic heterocycles. The number of rotatable bonds is 2. The van der Waals surface area contributed by atoms with Crippen molar-refractivity contribution in [3.63, 3.8) is 0 Å². The smallest absolute Gasteiger partial charge is 0.413 e. The van der Waals surface area contributed by atoms with E-state index in [1.165, 1.54) is 0 Å². The fourth-order valence-electron chi connectivity index (χ4n) is 1.86. The molecule has 0 saturated carbocycles. The highest BCUT2D eigenvalue weighted by Crippen LogP contribution is 2.26. The fourth-order valence-corrected chi connectivity index (χ4v) is 1.86. The monoisotopic (exact) mass is 276 g/mol. The van der Waals surface area contributed by atoms with E-state index in [1.807, 2.05) is 0 Å². The van der Waals surface area contributed by atoms with Crippen molar-refractivity contribution >= 4 is 28.8 Å². The number of H-pyrrole nitrogens is 1. The number of carbonyl (C=O) groups is 2. The van der Waals surface area contributed by atoms with E-state index in [4.69, 9.17) is 4.74 Å². The summed E-state index contributed by atoms with van der Waals surface area (Å²) in [5, 5.41) is 12.3. The molecule has 0 radical (unpaired) electrons. The molecule has 0 fully saturated rings. The number of carboxylic acids is 1. The summed E-state index contributed by atoms with van der Waals surface area (Å²) >= 11 is 0. The summed E-state index contributed by atoms with van der Waals surface area (Å²) in [6.45, 7) is 5.20. The second kappa shape index (κ2) is 4.88. The summed E-state index contributed by atoms with van der Waals surface area (Å²) in [5.41, 5.74) is 0.00173. The van der Waals surface area contributed by atoms with Crippen molar-refractivity contribution in [1.82, 2.24) is 4.98 Å².